The lowest BCUT2D eigenvalue weighted by Gasteiger charge is -2.30. The van der Waals surface area contributed by atoms with Crippen molar-refractivity contribution in [2.24, 2.45) is 0 Å². The lowest BCUT2D eigenvalue weighted by Crippen LogP contribution is -2.41. The van der Waals surface area contributed by atoms with Gasteiger partial charge in [-0.1, -0.05) is 0 Å². The molecule has 116 valence electrons. The molecular weight excluding hydrogens is 294 g/mol. The summed E-state index contributed by atoms with van der Waals surface area (Å²) in [6.45, 7) is 0.515. The Labute approximate surface area is 117 Å². The van der Waals surface area contributed by atoms with E-state index in [1.165, 1.54) is 4.90 Å². The third-order valence-electron chi connectivity index (χ3n) is 3.26. The molecule has 0 radical (unpaired) electrons. The molecule has 8 heteroatoms. The molecule has 1 aromatic carbocycles. The van der Waals surface area contributed by atoms with E-state index in [9.17, 15) is 22.4 Å². The minimum absolute atomic E-state index is 0.0718. The highest BCUT2D eigenvalue weighted by atomic mass is 19.4. The highest BCUT2D eigenvalue weighted by Gasteiger charge is 2.34. The van der Waals surface area contributed by atoms with Crippen LogP contribution in [0, 0.1) is 5.82 Å². The van der Waals surface area contributed by atoms with Gasteiger partial charge in [-0.15, -0.1) is 0 Å². The summed E-state index contributed by atoms with van der Waals surface area (Å²) >= 11 is 0. The molecule has 4 nitrogen and oxygen atoms in total. The summed E-state index contributed by atoms with van der Waals surface area (Å²) in [5.41, 5.74) is -1.37. The number of rotatable bonds is 2. The summed E-state index contributed by atoms with van der Waals surface area (Å²) in [6, 6.07) is 2.47. The fourth-order valence-electron chi connectivity index (χ4n) is 2.15. The second kappa shape index (κ2) is 5.79. The number of amides is 1. The quantitative estimate of drug-likeness (QED) is 0.852. The summed E-state index contributed by atoms with van der Waals surface area (Å²) in [4.78, 5) is 11.9. The SMILES string of the molecule is O=C(O)N1CCC(Oc2ccc(F)c(C(F)(F)F)c2)CC1. The van der Waals surface area contributed by atoms with E-state index in [4.69, 9.17) is 9.84 Å². The highest BCUT2D eigenvalue weighted by Crippen LogP contribution is 2.34. The van der Waals surface area contributed by atoms with E-state index in [2.05, 4.69) is 0 Å². The Kier molecular flexibility index (Phi) is 4.24. The van der Waals surface area contributed by atoms with Crippen LogP contribution in [0.1, 0.15) is 18.4 Å². The van der Waals surface area contributed by atoms with Crippen molar-refractivity contribution in [1.82, 2.24) is 4.90 Å². The summed E-state index contributed by atoms with van der Waals surface area (Å²) in [6.07, 6.45) is -5.44. The molecule has 0 bridgehead atoms. The van der Waals surface area contributed by atoms with Crippen molar-refractivity contribution < 1.29 is 32.2 Å². The first-order chi connectivity index (χ1) is 9.77. The molecule has 0 spiro atoms. The third kappa shape index (κ3) is 3.77. The summed E-state index contributed by atoms with van der Waals surface area (Å²) < 4.78 is 56.3. The Morgan fingerprint density at radius 1 is 1.29 bits per heavy atom. The number of piperidine rings is 1. The maximum absolute atomic E-state index is 13.1. The predicted molar refractivity (Wildman–Crippen MR) is 64.6 cm³/mol. The average molecular weight is 307 g/mol. The number of hydrogen-bond donors (Lipinski definition) is 1. The van der Waals surface area contributed by atoms with Crippen LogP contribution >= 0.6 is 0 Å². The van der Waals surface area contributed by atoms with Gasteiger partial charge in [0.15, 0.2) is 0 Å². The molecule has 0 unspecified atom stereocenters. The van der Waals surface area contributed by atoms with Gasteiger partial charge in [-0.3, -0.25) is 0 Å². The average Bonchev–Trinajstić information content (AvgIpc) is 2.40. The summed E-state index contributed by atoms with van der Waals surface area (Å²) in [7, 11) is 0. The first-order valence-corrected chi connectivity index (χ1v) is 6.28. The van der Waals surface area contributed by atoms with Crippen LogP contribution < -0.4 is 4.74 Å². The van der Waals surface area contributed by atoms with Gasteiger partial charge >= 0.3 is 12.3 Å². The van der Waals surface area contributed by atoms with Gasteiger partial charge in [0, 0.05) is 25.9 Å². The van der Waals surface area contributed by atoms with Gasteiger partial charge in [0.1, 0.15) is 17.7 Å². The van der Waals surface area contributed by atoms with E-state index in [-0.39, 0.29) is 24.9 Å². The van der Waals surface area contributed by atoms with Crippen LogP contribution in [-0.4, -0.2) is 35.3 Å². The van der Waals surface area contributed by atoms with Crippen molar-refractivity contribution in [2.75, 3.05) is 13.1 Å². The maximum Gasteiger partial charge on any atom is 0.419 e. The van der Waals surface area contributed by atoms with Crippen LogP contribution in [0.25, 0.3) is 0 Å². The summed E-state index contributed by atoms with van der Waals surface area (Å²) in [5, 5.41) is 8.79. The maximum atomic E-state index is 13.1. The number of halogens is 4. The molecule has 0 aliphatic carbocycles. The Balaban J connectivity index is 2.03. The Morgan fingerprint density at radius 3 is 2.43 bits per heavy atom. The molecule has 0 atom stereocenters. The third-order valence-corrected chi connectivity index (χ3v) is 3.26. The van der Waals surface area contributed by atoms with E-state index < -0.39 is 23.7 Å². The number of alkyl halides is 3. The molecule has 2 rings (SSSR count). The second-order valence-corrected chi connectivity index (χ2v) is 4.73. The Bertz CT molecular complexity index is 525. The molecule has 0 aromatic heterocycles. The number of nitrogens with zero attached hydrogens (tertiary/aromatic N) is 1. The minimum Gasteiger partial charge on any atom is -0.490 e. The first kappa shape index (κ1) is 15.4. The Hall–Kier alpha value is -1.99. The fourth-order valence-corrected chi connectivity index (χ4v) is 2.15. The van der Waals surface area contributed by atoms with E-state index in [0.717, 1.165) is 6.07 Å². The number of likely N-dealkylation sites (tertiary alicyclic amines) is 1. The molecule has 1 fully saturated rings. The van der Waals surface area contributed by atoms with Gasteiger partial charge in [-0.2, -0.15) is 13.2 Å². The standard InChI is InChI=1S/C13H13F4NO3/c14-11-2-1-9(7-10(11)13(15,16)17)21-8-3-5-18(6-4-8)12(19)20/h1-2,7-8H,3-6H2,(H,19,20). The van der Waals surface area contributed by atoms with E-state index in [0.29, 0.717) is 25.0 Å². The molecule has 1 saturated heterocycles. The Morgan fingerprint density at radius 2 is 1.90 bits per heavy atom. The van der Waals surface area contributed by atoms with E-state index in [1.54, 1.807) is 0 Å². The van der Waals surface area contributed by atoms with Crippen LogP contribution in [0.3, 0.4) is 0 Å². The van der Waals surface area contributed by atoms with Gasteiger partial charge in [0.05, 0.1) is 5.56 Å². The minimum atomic E-state index is -4.78. The highest BCUT2D eigenvalue weighted by molar-refractivity contribution is 5.65. The zero-order chi connectivity index (χ0) is 15.6. The molecular formula is C13H13F4NO3. The van der Waals surface area contributed by atoms with Gasteiger partial charge in [0.2, 0.25) is 0 Å². The predicted octanol–water partition coefficient (Wildman–Crippen LogP) is 3.37. The lowest BCUT2D eigenvalue weighted by atomic mass is 10.1. The normalized spacial score (nSPS) is 16.9. The lowest BCUT2D eigenvalue weighted by molar-refractivity contribution is -0.140. The van der Waals surface area contributed by atoms with E-state index >= 15 is 0 Å². The zero-order valence-corrected chi connectivity index (χ0v) is 10.9. The molecule has 21 heavy (non-hydrogen) atoms. The second-order valence-electron chi connectivity index (χ2n) is 4.73. The number of carboxylic acid groups (broad SMARTS) is 1. The van der Waals surface area contributed by atoms with Crippen LogP contribution in [0.5, 0.6) is 5.75 Å². The van der Waals surface area contributed by atoms with Crippen LogP contribution in [-0.2, 0) is 6.18 Å². The topological polar surface area (TPSA) is 49.8 Å². The molecule has 1 heterocycles. The molecule has 1 amide bonds. The van der Waals surface area contributed by atoms with Gasteiger partial charge in [-0.05, 0) is 18.2 Å². The van der Waals surface area contributed by atoms with Crippen LogP contribution in [0.2, 0.25) is 0 Å². The zero-order valence-electron chi connectivity index (χ0n) is 10.9. The fraction of sp³-hybridized carbons (Fsp3) is 0.462. The monoisotopic (exact) mass is 307 g/mol. The van der Waals surface area contributed by atoms with Crippen molar-refractivity contribution in [1.29, 1.82) is 0 Å². The molecule has 1 aromatic rings. The van der Waals surface area contributed by atoms with E-state index in [1.807, 2.05) is 0 Å². The number of benzene rings is 1. The number of ether oxygens (including phenoxy) is 1. The largest absolute Gasteiger partial charge is 0.490 e. The van der Waals surface area contributed by atoms with Gasteiger partial charge < -0.3 is 14.7 Å². The molecule has 1 N–H and O–H groups in total. The first-order valence-electron chi connectivity index (χ1n) is 6.28. The molecule has 0 saturated carbocycles. The van der Waals surface area contributed by atoms with Gasteiger partial charge in [-0.25, -0.2) is 9.18 Å². The number of carbonyl (C=O) groups is 1. The smallest absolute Gasteiger partial charge is 0.419 e. The van der Waals surface area contributed by atoms with Crippen molar-refractivity contribution in [3.63, 3.8) is 0 Å². The number of hydrogen-bond acceptors (Lipinski definition) is 2. The molecule has 1 aliphatic heterocycles. The summed E-state index contributed by atoms with van der Waals surface area (Å²) in [5.74, 6) is -1.42. The van der Waals surface area contributed by atoms with Crippen molar-refractivity contribution in [2.45, 2.75) is 25.1 Å². The van der Waals surface area contributed by atoms with Crippen molar-refractivity contribution >= 4 is 6.09 Å². The van der Waals surface area contributed by atoms with Crippen molar-refractivity contribution in [3.05, 3.63) is 29.6 Å². The molecule has 1 aliphatic rings. The van der Waals surface area contributed by atoms with Crippen LogP contribution in [0.4, 0.5) is 22.4 Å². The van der Waals surface area contributed by atoms with Crippen molar-refractivity contribution in [3.8, 4) is 5.75 Å². The van der Waals surface area contributed by atoms with Crippen LogP contribution in [0.15, 0.2) is 18.2 Å². The van der Waals surface area contributed by atoms with Gasteiger partial charge in [0.25, 0.3) is 0 Å².